The first-order valence-electron chi connectivity index (χ1n) is 12.3. The number of hydrogen-bond acceptors (Lipinski definition) is 5. The van der Waals surface area contributed by atoms with E-state index in [2.05, 4.69) is 24.0 Å². The number of fused-ring (bicyclic) bond motifs is 1. The minimum absolute atomic E-state index is 0.107. The molecular weight excluding hydrogens is 400 g/mol. The van der Waals surface area contributed by atoms with Crippen LogP contribution in [0.5, 0.6) is 0 Å². The van der Waals surface area contributed by atoms with Crippen LogP contribution in [-0.4, -0.2) is 59.7 Å². The van der Waals surface area contributed by atoms with Gasteiger partial charge >= 0.3 is 0 Å². The summed E-state index contributed by atoms with van der Waals surface area (Å²) in [6.45, 7) is 6.19. The number of aromatic nitrogens is 2. The largest absolute Gasteiger partial charge is 0.376 e. The molecule has 1 aliphatic carbocycles. The van der Waals surface area contributed by atoms with Crippen molar-refractivity contribution < 1.29 is 9.53 Å². The highest BCUT2D eigenvalue weighted by Crippen LogP contribution is 2.34. The predicted molar refractivity (Wildman–Crippen MR) is 126 cm³/mol. The van der Waals surface area contributed by atoms with Crippen molar-refractivity contribution in [3.05, 3.63) is 41.6 Å². The van der Waals surface area contributed by atoms with Gasteiger partial charge in [0.15, 0.2) is 5.82 Å². The number of likely N-dealkylation sites (N-methyl/N-ethyl adjacent to an activating group) is 1. The van der Waals surface area contributed by atoms with E-state index < -0.39 is 0 Å². The molecule has 2 aromatic rings. The molecule has 3 aliphatic rings. The summed E-state index contributed by atoms with van der Waals surface area (Å²) >= 11 is 0. The Morgan fingerprint density at radius 3 is 2.62 bits per heavy atom. The SMILES string of the molecule is CCN(CC1CCCO1)C(=O)C1CCN(c2nc(-c3ccccc3)nc3c2CCC3)CC1. The maximum absolute atomic E-state index is 13.2. The van der Waals surface area contributed by atoms with Gasteiger partial charge in [-0.3, -0.25) is 4.79 Å². The number of aryl methyl sites for hydroxylation is 1. The maximum atomic E-state index is 13.2. The molecule has 1 unspecified atom stereocenters. The highest BCUT2D eigenvalue weighted by atomic mass is 16.5. The van der Waals surface area contributed by atoms with Gasteiger partial charge in [-0.05, 0) is 51.9 Å². The lowest BCUT2D eigenvalue weighted by Gasteiger charge is -2.36. The highest BCUT2D eigenvalue weighted by Gasteiger charge is 2.32. The summed E-state index contributed by atoms with van der Waals surface area (Å²) in [4.78, 5) is 27.6. The van der Waals surface area contributed by atoms with Gasteiger partial charge in [0.05, 0.1) is 6.10 Å². The summed E-state index contributed by atoms with van der Waals surface area (Å²) in [6.07, 6.45) is 7.43. The van der Waals surface area contributed by atoms with Gasteiger partial charge in [-0.25, -0.2) is 9.97 Å². The summed E-state index contributed by atoms with van der Waals surface area (Å²) in [7, 11) is 0. The fourth-order valence-electron chi connectivity index (χ4n) is 5.40. The second kappa shape index (κ2) is 9.57. The number of carbonyl (C=O) groups is 1. The molecule has 2 saturated heterocycles. The summed E-state index contributed by atoms with van der Waals surface area (Å²) in [5, 5.41) is 0. The Balaban J connectivity index is 1.29. The summed E-state index contributed by atoms with van der Waals surface area (Å²) < 4.78 is 5.77. The van der Waals surface area contributed by atoms with E-state index in [0.29, 0.717) is 5.91 Å². The number of ether oxygens (including phenoxy) is 1. The average Bonchev–Trinajstić information content (AvgIpc) is 3.54. The number of rotatable bonds is 6. The molecule has 170 valence electrons. The van der Waals surface area contributed by atoms with Crippen LogP contribution in [0.4, 0.5) is 5.82 Å². The molecule has 3 heterocycles. The number of anilines is 1. The Kier molecular flexibility index (Phi) is 6.39. The van der Waals surface area contributed by atoms with Crippen LogP contribution in [0.3, 0.4) is 0 Å². The zero-order valence-corrected chi connectivity index (χ0v) is 19.1. The lowest BCUT2D eigenvalue weighted by atomic mass is 9.94. The van der Waals surface area contributed by atoms with Crippen molar-refractivity contribution in [1.82, 2.24) is 14.9 Å². The zero-order valence-electron chi connectivity index (χ0n) is 19.1. The Labute approximate surface area is 191 Å². The molecule has 1 atom stereocenters. The molecule has 5 rings (SSSR count). The number of benzene rings is 1. The lowest BCUT2D eigenvalue weighted by molar-refractivity contribution is -0.137. The topological polar surface area (TPSA) is 58.6 Å². The third-order valence-electron chi connectivity index (χ3n) is 7.23. The molecule has 1 aromatic carbocycles. The normalized spacial score (nSPS) is 21.0. The minimum atomic E-state index is 0.107. The van der Waals surface area contributed by atoms with Gasteiger partial charge in [-0.15, -0.1) is 0 Å². The molecule has 0 radical (unpaired) electrons. The molecular formula is C26H34N4O2. The number of nitrogens with zero attached hydrogens (tertiary/aromatic N) is 4. The number of piperidine rings is 1. The third-order valence-corrected chi connectivity index (χ3v) is 7.23. The first-order chi connectivity index (χ1) is 15.7. The first kappa shape index (κ1) is 21.4. The Bertz CT molecular complexity index is 934. The third kappa shape index (κ3) is 4.38. The van der Waals surface area contributed by atoms with Crippen LogP contribution >= 0.6 is 0 Å². The fraction of sp³-hybridized carbons (Fsp3) is 0.577. The Hall–Kier alpha value is -2.47. The highest BCUT2D eigenvalue weighted by molar-refractivity contribution is 5.79. The molecule has 0 saturated carbocycles. The summed E-state index contributed by atoms with van der Waals surface area (Å²) in [5.41, 5.74) is 3.60. The van der Waals surface area contributed by atoms with Gasteiger partial charge in [-0.2, -0.15) is 0 Å². The van der Waals surface area contributed by atoms with Crippen molar-refractivity contribution in [3.63, 3.8) is 0 Å². The van der Waals surface area contributed by atoms with Crippen molar-refractivity contribution in [2.45, 2.75) is 58.0 Å². The van der Waals surface area contributed by atoms with Crippen LogP contribution in [0.25, 0.3) is 11.4 Å². The molecule has 1 amide bonds. The molecule has 0 N–H and O–H groups in total. The summed E-state index contributed by atoms with van der Waals surface area (Å²) in [6, 6.07) is 10.3. The van der Waals surface area contributed by atoms with E-state index in [9.17, 15) is 4.79 Å². The predicted octanol–water partition coefficient (Wildman–Crippen LogP) is 3.88. The number of hydrogen-bond donors (Lipinski definition) is 0. The van der Waals surface area contributed by atoms with Gasteiger partial charge in [0.2, 0.25) is 5.91 Å². The molecule has 2 aliphatic heterocycles. The van der Waals surface area contributed by atoms with E-state index in [4.69, 9.17) is 14.7 Å². The van der Waals surface area contributed by atoms with Crippen LogP contribution in [0, 0.1) is 5.92 Å². The molecule has 0 spiro atoms. The number of amides is 1. The van der Waals surface area contributed by atoms with E-state index in [1.165, 1.54) is 11.3 Å². The maximum Gasteiger partial charge on any atom is 0.225 e. The standard InChI is InChI=1S/C26H34N4O2/c1-2-29(18-21-10-7-17-32-21)26(31)20-13-15-30(16-14-20)25-22-11-6-12-23(22)27-24(28-25)19-8-4-3-5-9-19/h3-5,8-9,20-21H,2,6-7,10-18H2,1H3. The minimum Gasteiger partial charge on any atom is -0.376 e. The number of carbonyl (C=O) groups excluding carboxylic acids is 1. The van der Waals surface area contributed by atoms with Gasteiger partial charge in [0, 0.05) is 55.5 Å². The van der Waals surface area contributed by atoms with Crippen molar-refractivity contribution in [2.75, 3.05) is 37.7 Å². The molecule has 1 aromatic heterocycles. The smallest absolute Gasteiger partial charge is 0.225 e. The second-order valence-electron chi connectivity index (χ2n) is 9.29. The monoisotopic (exact) mass is 434 g/mol. The quantitative estimate of drug-likeness (QED) is 0.691. The Morgan fingerprint density at radius 2 is 1.91 bits per heavy atom. The van der Waals surface area contributed by atoms with E-state index in [0.717, 1.165) is 94.9 Å². The van der Waals surface area contributed by atoms with Gasteiger partial charge in [0.1, 0.15) is 5.82 Å². The molecule has 6 nitrogen and oxygen atoms in total. The summed E-state index contributed by atoms with van der Waals surface area (Å²) in [5.74, 6) is 2.34. The van der Waals surface area contributed by atoms with Crippen LogP contribution < -0.4 is 4.90 Å². The van der Waals surface area contributed by atoms with Crippen LogP contribution in [0.1, 0.15) is 50.3 Å². The Morgan fingerprint density at radius 1 is 1.09 bits per heavy atom. The van der Waals surface area contributed by atoms with E-state index in [1.807, 2.05) is 23.1 Å². The molecule has 0 bridgehead atoms. The van der Waals surface area contributed by atoms with Crippen LogP contribution in [0.15, 0.2) is 30.3 Å². The lowest BCUT2D eigenvalue weighted by Crippen LogP contribution is -2.45. The van der Waals surface area contributed by atoms with Crippen LogP contribution in [0.2, 0.25) is 0 Å². The molecule has 32 heavy (non-hydrogen) atoms. The van der Waals surface area contributed by atoms with Crippen molar-refractivity contribution in [3.8, 4) is 11.4 Å². The van der Waals surface area contributed by atoms with Crippen molar-refractivity contribution in [1.29, 1.82) is 0 Å². The molecule has 2 fully saturated rings. The van der Waals surface area contributed by atoms with E-state index in [-0.39, 0.29) is 12.0 Å². The zero-order chi connectivity index (χ0) is 21.9. The van der Waals surface area contributed by atoms with Gasteiger partial charge in [-0.1, -0.05) is 30.3 Å². The van der Waals surface area contributed by atoms with E-state index in [1.54, 1.807) is 0 Å². The van der Waals surface area contributed by atoms with Crippen molar-refractivity contribution >= 4 is 11.7 Å². The average molecular weight is 435 g/mol. The van der Waals surface area contributed by atoms with Gasteiger partial charge in [0.25, 0.3) is 0 Å². The molecule has 6 heteroatoms. The van der Waals surface area contributed by atoms with Crippen molar-refractivity contribution in [2.24, 2.45) is 5.92 Å². The second-order valence-corrected chi connectivity index (χ2v) is 9.29. The van der Waals surface area contributed by atoms with Crippen LogP contribution in [-0.2, 0) is 22.4 Å². The van der Waals surface area contributed by atoms with Gasteiger partial charge < -0.3 is 14.5 Å². The van der Waals surface area contributed by atoms with E-state index >= 15 is 0 Å². The fourth-order valence-corrected chi connectivity index (χ4v) is 5.40. The first-order valence-corrected chi connectivity index (χ1v) is 12.3.